The first-order valence-electron chi connectivity index (χ1n) is 6.64. The molecule has 3 N–H and O–H groups in total. The number of carbonyl (C=O) groups excluding carboxylic acids is 1. The van der Waals surface area contributed by atoms with Crippen molar-refractivity contribution < 1.29 is 4.79 Å². The lowest BCUT2D eigenvalue weighted by molar-refractivity contribution is -0.120. The van der Waals surface area contributed by atoms with E-state index in [0.717, 1.165) is 25.8 Å². The Bertz CT molecular complexity index is 422. The van der Waals surface area contributed by atoms with Gasteiger partial charge in [0.05, 0.1) is 6.04 Å². The van der Waals surface area contributed by atoms with Gasteiger partial charge < -0.3 is 11.1 Å². The van der Waals surface area contributed by atoms with Gasteiger partial charge in [0.25, 0.3) is 0 Å². The first-order chi connectivity index (χ1) is 8.54. The summed E-state index contributed by atoms with van der Waals surface area (Å²) in [5.41, 5.74) is 9.37. The average molecular weight is 246 g/mol. The zero-order valence-corrected chi connectivity index (χ0v) is 11.2. The Labute approximate surface area is 109 Å². The molecule has 1 aromatic rings. The van der Waals surface area contributed by atoms with Crippen molar-refractivity contribution in [3.8, 4) is 0 Å². The van der Waals surface area contributed by atoms with E-state index in [1.54, 1.807) is 0 Å². The largest absolute Gasteiger partial charge is 0.368 e. The third kappa shape index (κ3) is 3.33. The van der Waals surface area contributed by atoms with Gasteiger partial charge in [-0.05, 0) is 51.1 Å². The normalized spacial score (nSPS) is 23.9. The van der Waals surface area contributed by atoms with Gasteiger partial charge in [-0.2, -0.15) is 0 Å². The topological polar surface area (TPSA) is 55.1 Å². The molecule has 1 saturated heterocycles. The molecule has 2 rings (SSSR count). The number of aryl methyl sites for hydroxylation is 2. The SMILES string of the molecule is Cc1cc(C)cc(CC2CCNC(C(N)=O)C2)c1. The molecule has 0 aromatic heterocycles. The number of primary amides is 1. The zero-order valence-electron chi connectivity index (χ0n) is 11.2. The number of hydrogen-bond donors (Lipinski definition) is 2. The lowest BCUT2D eigenvalue weighted by atomic mass is 9.86. The molecule has 0 bridgehead atoms. The number of benzene rings is 1. The van der Waals surface area contributed by atoms with Crippen molar-refractivity contribution in [3.05, 3.63) is 34.9 Å². The molecule has 2 atom stereocenters. The van der Waals surface area contributed by atoms with Crippen LogP contribution >= 0.6 is 0 Å². The molecule has 1 fully saturated rings. The summed E-state index contributed by atoms with van der Waals surface area (Å²) in [6.45, 7) is 5.15. The first kappa shape index (κ1) is 13.1. The van der Waals surface area contributed by atoms with Crippen LogP contribution in [0.25, 0.3) is 0 Å². The number of nitrogens with one attached hydrogen (secondary N) is 1. The fraction of sp³-hybridized carbons (Fsp3) is 0.533. The van der Waals surface area contributed by atoms with Crippen LogP contribution in [0, 0.1) is 19.8 Å². The molecule has 18 heavy (non-hydrogen) atoms. The summed E-state index contributed by atoms with van der Waals surface area (Å²) in [6, 6.07) is 6.54. The van der Waals surface area contributed by atoms with Crippen LogP contribution in [0.2, 0.25) is 0 Å². The maximum Gasteiger partial charge on any atom is 0.234 e. The van der Waals surface area contributed by atoms with Crippen LogP contribution in [0.1, 0.15) is 29.5 Å². The van der Waals surface area contributed by atoms with E-state index < -0.39 is 0 Å². The number of piperidine rings is 1. The third-order valence-electron chi connectivity index (χ3n) is 3.66. The van der Waals surface area contributed by atoms with E-state index in [4.69, 9.17) is 5.73 Å². The molecule has 1 aromatic carbocycles. The fourth-order valence-corrected chi connectivity index (χ4v) is 2.92. The van der Waals surface area contributed by atoms with Crippen LogP contribution in [-0.2, 0) is 11.2 Å². The zero-order chi connectivity index (χ0) is 13.1. The molecule has 1 heterocycles. The van der Waals surface area contributed by atoms with Crippen molar-refractivity contribution >= 4 is 5.91 Å². The predicted molar refractivity (Wildman–Crippen MR) is 73.3 cm³/mol. The highest BCUT2D eigenvalue weighted by molar-refractivity contribution is 5.79. The second-order valence-corrected chi connectivity index (χ2v) is 5.50. The van der Waals surface area contributed by atoms with Gasteiger partial charge in [-0.25, -0.2) is 0 Å². The summed E-state index contributed by atoms with van der Waals surface area (Å²) >= 11 is 0. The molecule has 2 unspecified atom stereocenters. The Kier molecular flexibility index (Phi) is 4.02. The molecule has 1 amide bonds. The number of rotatable bonds is 3. The monoisotopic (exact) mass is 246 g/mol. The van der Waals surface area contributed by atoms with E-state index >= 15 is 0 Å². The average Bonchev–Trinajstić information content (AvgIpc) is 2.27. The molecule has 0 saturated carbocycles. The molecule has 3 nitrogen and oxygen atoms in total. The van der Waals surface area contributed by atoms with E-state index in [9.17, 15) is 4.79 Å². The molecule has 1 aliphatic rings. The third-order valence-corrected chi connectivity index (χ3v) is 3.66. The fourth-order valence-electron chi connectivity index (χ4n) is 2.92. The Morgan fingerprint density at radius 2 is 2.00 bits per heavy atom. The Morgan fingerprint density at radius 1 is 1.33 bits per heavy atom. The highest BCUT2D eigenvalue weighted by Crippen LogP contribution is 2.22. The summed E-state index contributed by atoms with van der Waals surface area (Å²) in [6.07, 6.45) is 3.03. The number of amides is 1. The summed E-state index contributed by atoms with van der Waals surface area (Å²) in [7, 11) is 0. The van der Waals surface area contributed by atoms with Crippen molar-refractivity contribution in [2.75, 3.05) is 6.54 Å². The van der Waals surface area contributed by atoms with E-state index in [2.05, 4.69) is 37.4 Å². The number of hydrogen-bond acceptors (Lipinski definition) is 2. The van der Waals surface area contributed by atoms with Crippen molar-refractivity contribution in [1.82, 2.24) is 5.32 Å². The highest BCUT2D eigenvalue weighted by atomic mass is 16.1. The standard InChI is InChI=1S/C15H22N2O/c1-10-5-11(2)7-13(6-10)8-12-3-4-17-14(9-12)15(16)18/h5-7,12,14,17H,3-4,8-9H2,1-2H3,(H2,16,18). The van der Waals surface area contributed by atoms with Gasteiger partial charge in [0.15, 0.2) is 0 Å². The van der Waals surface area contributed by atoms with Gasteiger partial charge >= 0.3 is 0 Å². The predicted octanol–water partition coefficient (Wildman–Crippen LogP) is 1.70. The molecule has 0 spiro atoms. The lowest BCUT2D eigenvalue weighted by Gasteiger charge is -2.28. The smallest absolute Gasteiger partial charge is 0.234 e. The Balaban J connectivity index is 2.02. The molecule has 0 aliphatic carbocycles. The van der Waals surface area contributed by atoms with Gasteiger partial charge in [0.1, 0.15) is 0 Å². The van der Waals surface area contributed by atoms with Crippen molar-refractivity contribution in [2.45, 2.75) is 39.2 Å². The quantitative estimate of drug-likeness (QED) is 0.853. The van der Waals surface area contributed by atoms with Gasteiger partial charge in [-0.1, -0.05) is 29.3 Å². The minimum atomic E-state index is -0.222. The Hall–Kier alpha value is -1.35. The highest BCUT2D eigenvalue weighted by Gasteiger charge is 2.25. The van der Waals surface area contributed by atoms with Gasteiger partial charge in [-0.3, -0.25) is 4.79 Å². The minimum Gasteiger partial charge on any atom is -0.368 e. The van der Waals surface area contributed by atoms with Gasteiger partial charge in [0, 0.05) is 0 Å². The molecule has 0 radical (unpaired) electrons. The van der Waals surface area contributed by atoms with Crippen molar-refractivity contribution in [3.63, 3.8) is 0 Å². The van der Waals surface area contributed by atoms with E-state index in [1.165, 1.54) is 16.7 Å². The number of nitrogens with two attached hydrogens (primary N) is 1. The van der Waals surface area contributed by atoms with Crippen LogP contribution in [0.4, 0.5) is 0 Å². The van der Waals surface area contributed by atoms with E-state index in [-0.39, 0.29) is 11.9 Å². The van der Waals surface area contributed by atoms with Crippen LogP contribution in [0.5, 0.6) is 0 Å². The first-order valence-corrected chi connectivity index (χ1v) is 6.64. The molecule has 3 heteroatoms. The summed E-state index contributed by atoms with van der Waals surface area (Å²) in [4.78, 5) is 11.2. The lowest BCUT2D eigenvalue weighted by Crippen LogP contribution is -2.47. The number of carbonyl (C=O) groups is 1. The van der Waals surface area contributed by atoms with Crippen molar-refractivity contribution in [1.29, 1.82) is 0 Å². The second kappa shape index (κ2) is 5.53. The van der Waals surface area contributed by atoms with E-state index in [1.807, 2.05) is 0 Å². The van der Waals surface area contributed by atoms with Gasteiger partial charge in [0.2, 0.25) is 5.91 Å². The second-order valence-electron chi connectivity index (χ2n) is 5.50. The molecular weight excluding hydrogens is 224 g/mol. The van der Waals surface area contributed by atoms with Crippen LogP contribution in [-0.4, -0.2) is 18.5 Å². The molecule has 98 valence electrons. The van der Waals surface area contributed by atoms with Crippen molar-refractivity contribution in [2.24, 2.45) is 11.7 Å². The summed E-state index contributed by atoms with van der Waals surface area (Å²) in [5, 5.41) is 3.18. The molecular formula is C15H22N2O. The van der Waals surface area contributed by atoms with Gasteiger partial charge in [-0.15, -0.1) is 0 Å². The molecule has 1 aliphatic heterocycles. The maximum atomic E-state index is 11.2. The van der Waals surface area contributed by atoms with Crippen LogP contribution in [0.15, 0.2) is 18.2 Å². The van der Waals surface area contributed by atoms with Crippen LogP contribution < -0.4 is 11.1 Å². The summed E-state index contributed by atoms with van der Waals surface area (Å²) in [5.74, 6) is 0.338. The minimum absolute atomic E-state index is 0.144. The summed E-state index contributed by atoms with van der Waals surface area (Å²) < 4.78 is 0. The van der Waals surface area contributed by atoms with E-state index in [0.29, 0.717) is 5.92 Å². The Morgan fingerprint density at radius 3 is 2.61 bits per heavy atom. The van der Waals surface area contributed by atoms with Crippen LogP contribution in [0.3, 0.4) is 0 Å². The maximum absolute atomic E-state index is 11.2.